The van der Waals surface area contributed by atoms with Crippen LogP contribution in [0.4, 0.5) is 0 Å². The van der Waals surface area contributed by atoms with Crippen LogP contribution < -0.4 is 0 Å². The molecule has 1 unspecified atom stereocenters. The van der Waals surface area contributed by atoms with Gasteiger partial charge in [0.05, 0.1) is 5.41 Å². The second-order valence-corrected chi connectivity index (χ2v) is 18.7. The summed E-state index contributed by atoms with van der Waals surface area (Å²) in [7, 11) is 0. The quantitative estimate of drug-likeness (QED) is 0.177. The van der Waals surface area contributed by atoms with Gasteiger partial charge >= 0.3 is 0 Å². The number of hydrogen-bond donors (Lipinski definition) is 0. The first-order valence-electron chi connectivity index (χ1n) is 22.8. The van der Waals surface area contributed by atoms with Crippen molar-refractivity contribution in [2.75, 3.05) is 0 Å². The molecule has 0 amide bonds. The zero-order valence-corrected chi connectivity index (χ0v) is 36.9. The van der Waals surface area contributed by atoms with Crippen molar-refractivity contribution >= 4 is 21.9 Å². The van der Waals surface area contributed by atoms with Crippen molar-refractivity contribution in [1.82, 2.24) is 15.0 Å². The fourth-order valence-electron chi connectivity index (χ4n) is 10.8. The maximum Gasteiger partial charge on any atom is 0.164 e. The van der Waals surface area contributed by atoms with Gasteiger partial charge in [0.2, 0.25) is 0 Å². The lowest BCUT2D eigenvalue weighted by Gasteiger charge is -2.35. The SMILES string of the molecule is CC(C)(C)c1ccc2c(c1)-c1ccccc1C21c2ccccc2-c2ccccc2-c2cc(-c3nc(-c4cccc(-c5ccccc5)c4)nc(-c4ccc5c(c4)oc4ccccc45)n3)ccc21. The van der Waals surface area contributed by atoms with Gasteiger partial charge < -0.3 is 4.42 Å². The van der Waals surface area contributed by atoms with Gasteiger partial charge in [0.15, 0.2) is 17.5 Å². The molecule has 0 N–H and O–H groups in total. The molecule has 2 aliphatic carbocycles. The number of fused-ring (bicyclic) bond motifs is 15. The molecule has 1 spiro atoms. The van der Waals surface area contributed by atoms with Crippen molar-refractivity contribution in [1.29, 1.82) is 0 Å². The standard InChI is InChI=1S/C62H43N3O/c1-61(2,3)43-30-33-55-51(37-43)47-23-10-13-26-53(47)62(55)52-25-12-9-22-46(52)44-20-7-8-21-45(44)50-35-41(29-32-54(50)62)59-63-58(40-19-15-18-39(34-40)38-16-5-4-6-17-38)64-60(65-59)42-28-31-49-48-24-11-14-27-56(48)66-57(49)36-42/h4-37H,1-3H3. The summed E-state index contributed by atoms with van der Waals surface area (Å²) in [5, 5.41) is 2.14. The molecule has 2 aliphatic rings. The third-order valence-corrected chi connectivity index (χ3v) is 13.9. The second kappa shape index (κ2) is 14.4. The number of aromatic nitrogens is 3. The van der Waals surface area contributed by atoms with Gasteiger partial charge in [0, 0.05) is 27.5 Å². The van der Waals surface area contributed by atoms with Crippen LogP contribution in [0.5, 0.6) is 0 Å². The van der Waals surface area contributed by atoms with Crippen LogP contribution in [0.3, 0.4) is 0 Å². The maximum absolute atomic E-state index is 6.39. The second-order valence-electron chi connectivity index (χ2n) is 18.7. The van der Waals surface area contributed by atoms with Gasteiger partial charge in [-0.05, 0) is 108 Å². The molecule has 1 atom stereocenters. The van der Waals surface area contributed by atoms with E-state index in [1.165, 1.54) is 55.6 Å². The van der Waals surface area contributed by atoms with Gasteiger partial charge in [-0.15, -0.1) is 0 Å². The minimum Gasteiger partial charge on any atom is -0.456 e. The first-order valence-corrected chi connectivity index (χ1v) is 22.8. The van der Waals surface area contributed by atoms with E-state index in [4.69, 9.17) is 19.4 Å². The third kappa shape index (κ3) is 5.74. The van der Waals surface area contributed by atoms with Crippen LogP contribution in [-0.4, -0.2) is 15.0 Å². The molecule has 2 heterocycles. The van der Waals surface area contributed by atoms with Crippen LogP contribution in [0.25, 0.3) is 101 Å². The fourth-order valence-corrected chi connectivity index (χ4v) is 10.8. The lowest BCUT2D eigenvalue weighted by molar-refractivity contribution is 0.590. The molecule has 0 fully saturated rings. The minimum atomic E-state index is -0.596. The minimum absolute atomic E-state index is 0.00688. The molecule has 0 saturated heterocycles. The number of para-hydroxylation sites is 1. The molecule has 0 saturated carbocycles. The van der Waals surface area contributed by atoms with E-state index in [0.717, 1.165) is 55.3 Å². The van der Waals surface area contributed by atoms with Gasteiger partial charge in [-0.1, -0.05) is 197 Å². The van der Waals surface area contributed by atoms with Crippen LogP contribution in [0.1, 0.15) is 48.6 Å². The highest BCUT2D eigenvalue weighted by atomic mass is 16.3. The van der Waals surface area contributed by atoms with E-state index >= 15 is 0 Å². The molecule has 66 heavy (non-hydrogen) atoms. The molecule has 0 bridgehead atoms. The van der Waals surface area contributed by atoms with Crippen LogP contribution in [0, 0.1) is 0 Å². The molecule has 13 rings (SSSR count). The van der Waals surface area contributed by atoms with Crippen molar-refractivity contribution in [2.45, 2.75) is 31.6 Å². The Bertz CT molecular complexity index is 3760. The zero-order chi connectivity index (χ0) is 44.1. The van der Waals surface area contributed by atoms with Crippen LogP contribution in [0.2, 0.25) is 0 Å². The van der Waals surface area contributed by atoms with Crippen molar-refractivity contribution in [3.05, 3.63) is 234 Å². The third-order valence-electron chi connectivity index (χ3n) is 13.9. The van der Waals surface area contributed by atoms with Crippen LogP contribution in [0.15, 0.2) is 211 Å². The Morgan fingerprint density at radius 3 is 1.53 bits per heavy atom. The van der Waals surface area contributed by atoms with Crippen molar-refractivity contribution in [3.63, 3.8) is 0 Å². The Labute approximate surface area is 384 Å². The average Bonchev–Trinajstić information content (AvgIpc) is 3.86. The number of nitrogens with zero attached hydrogens (tertiary/aromatic N) is 3. The highest BCUT2D eigenvalue weighted by molar-refractivity contribution is 6.06. The fraction of sp³-hybridized carbons (Fsp3) is 0.0806. The number of rotatable bonds is 4. The Balaban J connectivity index is 1.07. The first-order chi connectivity index (χ1) is 32.3. The van der Waals surface area contributed by atoms with Crippen LogP contribution in [-0.2, 0) is 10.8 Å². The molecular formula is C62H43N3O. The Hall–Kier alpha value is -8.21. The van der Waals surface area contributed by atoms with Crippen molar-refractivity contribution in [3.8, 4) is 78.7 Å². The molecule has 312 valence electrons. The van der Waals surface area contributed by atoms with Gasteiger partial charge in [0.25, 0.3) is 0 Å². The summed E-state index contributed by atoms with van der Waals surface area (Å²) < 4.78 is 6.39. The highest BCUT2D eigenvalue weighted by Crippen LogP contribution is 2.62. The topological polar surface area (TPSA) is 51.8 Å². The van der Waals surface area contributed by atoms with Crippen molar-refractivity contribution < 1.29 is 4.42 Å². The monoisotopic (exact) mass is 845 g/mol. The van der Waals surface area contributed by atoms with E-state index in [1.807, 2.05) is 24.3 Å². The van der Waals surface area contributed by atoms with E-state index in [2.05, 4.69) is 203 Å². The lowest BCUT2D eigenvalue weighted by Crippen LogP contribution is -2.29. The normalized spacial score (nSPS) is 14.7. The predicted molar refractivity (Wildman–Crippen MR) is 269 cm³/mol. The summed E-state index contributed by atoms with van der Waals surface area (Å²) in [5.74, 6) is 1.78. The summed E-state index contributed by atoms with van der Waals surface area (Å²) >= 11 is 0. The van der Waals surface area contributed by atoms with E-state index in [-0.39, 0.29) is 5.41 Å². The molecule has 4 nitrogen and oxygen atoms in total. The largest absolute Gasteiger partial charge is 0.456 e. The van der Waals surface area contributed by atoms with E-state index in [9.17, 15) is 0 Å². The molecule has 0 radical (unpaired) electrons. The maximum atomic E-state index is 6.39. The Morgan fingerprint density at radius 1 is 0.333 bits per heavy atom. The zero-order valence-electron chi connectivity index (χ0n) is 36.9. The smallest absolute Gasteiger partial charge is 0.164 e. The van der Waals surface area contributed by atoms with Gasteiger partial charge in [-0.2, -0.15) is 0 Å². The van der Waals surface area contributed by atoms with Gasteiger partial charge in [0.1, 0.15) is 11.2 Å². The van der Waals surface area contributed by atoms with E-state index in [1.54, 1.807) is 0 Å². The molecule has 4 heteroatoms. The number of benzene rings is 9. The molecule has 11 aromatic rings. The molecular weight excluding hydrogens is 803 g/mol. The van der Waals surface area contributed by atoms with Crippen LogP contribution >= 0.6 is 0 Å². The summed E-state index contributed by atoms with van der Waals surface area (Å²) in [6.45, 7) is 6.90. The Kier molecular flexibility index (Phi) is 8.35. The van der Waals surface area contributed by atoms with E-state index < -0.39 is 5.41 Å². The summed E-state index contributed by atoms with van der Waals surface area (Å²) in [6, 6.07) is 74.5. The number of hydrogen-bond acceptors (Lipinski definition) is 4. The van der Waals surface area contributed by atoms with Crippen molar-refractivity contribution in [2.24, 2.45) is 0 Å². The predicted octanol–water partition coefficient (Wildman–Crippen LogP) is 15.7. The number of furan rings is 1. The summed E-state index contributed by atoms with van der Waals surface area (Å²) in [5.41, 5.74) is 19.7. The molecule has 9 aromatic carbocycles. The summed E-state index contributed by atoms with van der Waals surface area (Å²) in [4.78, 5) is 15.9. The van der Waals surface area contributed by atoms with Gasteiger partial charge in [-0.3, -0.25) is 0 Å². The van der Waals surface area contributed by atoms with E-state index in [0.29, 0.717) is 17.5 Å². The first kappa shape index (κ1) is 38.3. The molecule has 0 aliphatic heterocycles. The summed E-state index contributed by atoms with van der Waals surface area (Å²) in [6.07, 6.45) is 0. The highest BCUT2D eigenvalue weighted by Gasteiger charge is 2.50. The van der Waals surface area contributed by atoms with Gasteiger partial charge in [-0.25, -0.2) is 15.0 Å². The lowest BCUT2D eigenvalue weighted by atomic mass is 9.65. The average molecular weight is 846 g/mol. The Morgan fingerprint density at radius 2 is 0.818 bits per heavy atom. The molecule has 2 aromatic heterocycles.